The number of ether oxygens (including phenoxy) is 1. The lowest BCUT2D eigenvalue weighted by molar-refractivity contribution is 0.00189. The Morgan fingerprint density at radius 1 is 1.30 bits per heavy atom. The molecule has 1 aliphatic rings. The molecule has 2 heterocycles. The van der Waals surface area contributed by atoms with Crippen molar-refractivity contribution in [2.75, 3.05) is 19.6 Å². The maximum absolute atomic E-state index is 12.4. The molecule has 126 valence electrons. The van der Waals surface area contributed by atoms with Gasteiger partial charge >= 0.3 is 6.09 Å². The fraction of sp³-hybridized carbons (Fsp3) is 0.600. The van der Waals surface area contributed by atoms with E-state index in [1.165, 1.54) is 12.4 Å². The quantitative estimate of drug-likeness (QED) is 0.783. The molecule has 8 heteroatoms. The summed E-state index contributed by atoms with van der Waals surface area (Å²) in [5.74, 6) is -0.240. The second kappa shape index (κ2) is 6.70. The van der Waals surface area contributed by atoms with Crippen LogP contribution >= 0.6 is 11.6 Å². The topological polar surface area (TPSA) is 75.6 Å². The molecule has 1 aliphatic heterocycles. The number of nitrogens with zero attached hydrogens (tertiary/aromatic N) is 4. The SMILES string of the molecule is CC1CN(C(=O)c2cncc(Cl)n2)CCN1C(=O)OC(C)(C)C. The number of carbonyl (C=O) groups excluding carboxylic acids is 2. The predicted molar refractivity (Wildman–Crippen MR) is 85.3 cm³/mol. The molecule has 0 spiro atoms. The van der Waals surface area contributed by atoms with Gasteiger partial charge in [0.15, 0.2) is 0 Å². The lowest BCUT2D eigenvalue weighted by Gasteiger charge is -2.40. The van der Waals surface area contributed by atoms with Crippen LogP contribution in [0, 0.1) is 0 Å². The largest absolute Gasteiger partial charge is 0.444 e. The van der Waals surface area contributed by atoms with Gasteiger partial charge in [0.2, 0.25) is 0 Å². The van der Waals surface area contributed by atoms with Crippen LogP contribution in [0.4, 0.5) is 4.79 Å². The fourth-order valence-corrected chi connectivity index (χ4v) is 2.49. The first-order valence-corrected chi connectivity index (χ1v) is 7.81. The van der Waals surface area contributed by atoms with Gasteiger partial charge in [0.25, 0.3) is 5.91 Å². The predicted octanol–water partition coefficient (Wildman–Crippen LogP) is 2.21. The molecule has 1 atom stereocenters. The number of hydrogen-bond acceptors (Lipinski definition) is 5. The van der Waals surface area contributed by atoms with E-state index in [1.807, 2.05) is 27.7 Å². The van der Waals surface area contributed by atoms with Crippen molar-refractivity contribution in [1.82, 2.24) is 19.8 Å². The van der Waals surface area contributed by atoms with Gasteiger partial charge in [0.1, 0.15) is 16.4 Å². The van der Waals surface area contributed by atoms with E-state index in [4.69, 9.17) is 16.3 Å². The first-order valence-electron chi connectivity index (χ1n) is 7.44. The van der Waals surface area contributed by atoms with E-state index in [0.29, 0.717) is 19.6 Å². The van der Waals surface area contributed by atoms with Crippen LogP contribution < -0.4 is 0 Å². The molecule has 1 unspecified atom stereocenters. The Morgan fingerprint density at radius 2 is 2.00 bits per heavy atom. The Hall–Kier alpha value is -1.89. The summed E-state index contributed by atoms with van der Waals surface area (Å²) in [5.41, 5.74) is -0.337. The van der Waals surface area contributed by atoms with Crippen molar-refractivity contribution in [3.63, 3.8) is 0 Å². The Balaban J connectivity index is 2.01. The smallest absolute Gasteiger partial charge is 0.410 e. The van der Waals surface area contributed by atoms with Crippen molar-refractivity contribution >= 4 is 23.6 Å². The Kier molecular flexibility index (Phi) is 5.09. The number of carbonyl (C=O) groups is 2. The monoisotopic (exact) mass is 340 g/mol. The Bertz CT molecular complexity index is 603. The molecule has 23 heavy (non-hydrogen) atoms. The molecule has 1 aromatic heterocycles. The van der Waals surface area contributed by atoms with Crippen LogP contribution in [-0.4, -0.2) is 63.0 Å². The summed E-state index contributed by atoms with van der Waals surface area (Å²) in [6.07, 6.45) is 2.40. The third kappa shape index (κ3) is 4.54. The number of rotatable bonds is 1. The summed E-state index contributed by atoms with van der Waals surface area (Å²) in [6.45, 7) is 8.60. The van der Waals surface area contributed by atoms with Crippen molar-refractivity contribution < 1.29 is 14.3 Å². The van der Waals surface area contributed by atoms with E-state index in [0.717, 1.165) is 0 Å². The lowest BCUT2D eigenvalue weighted by atomic mass is 10.2. The molecule has 7 nitrogen and oxygen atoms in total. The second-order valence-corrected chi connectivity index (χ2v) is 6.89. The van der Waals surface area contributed by atoms with Crippen LogP contribution in [0.25, 0.3) is 0 Å². The minimum absolute atomic E-state index is 0.144. The van der Waals surface area contributed by atoms with Gasteiger partial charge in [-0.3, -0.25) is 9.78 Å². The number of piperazine rings is 1. The summed E-state index contributed by atoms with van der Waals surface area (Å²) >= 11 is 5.77. The third-order valence-corrected chi connectivity index (χ3v) is 3.55. The van der Waals surface area contributed by atoms with Gasteiger partial charge in [-0.15, -0.1) is 0 Å². The van der Waals surface area contributed by atoms with Gasteiger partial charge < -0.3 is 14.5 Å². The van der Waals surface area contributed by atoms with Gasteiger partial charge in [-0.2, -0.15) is 0 Å². The van der Waals surface area contributed by atoms with E-state index < -0.39 is 5.60 Å². The summed E-state index contributed by atoms with van der Waals surface area (Å²) in [6, 6.07) is -0.144. The molecule has 0 radical (unpaired) electrons. The lowest BCUT2D eigenvalue weighted by Crippen LogP contribution is -2.56. The molecule has 0 aliphatic carbocycles. The van der Waals surface area contributed by atoms with Gasteiger partial charge in [0, 0.05) is 25.7 Å². The fourth-order valence-electron chi connectivity index (χ4n) is 2.34. The van der Waals surface area contributed by atoms with Gasteiger partial charge in [-0.05, 0) is 27.7 Å². The molecule has 1 saturated heterocycles. The van der Waals surface area contributed by atoms with Crippen molar-refractivity contribution in [2.45, 2.75) is 39.3 Å². The molecule has 0 aromatic carbocycles. The highest BCUT2D eigenvalue weighted by atomic mass is 35.5. The third-order valence-electron chi connectivity index (χ3n) is 3.37. The molecular formula is C15H21ClN4O3. The van der Waals surface area contributed by atoms with Crippen LogP contribution in [-0.2, 0) is 4.74 Å². The zero-order valence-corrected chi connectivity index (χ0v) is 14.5. The van der Waals surface area contributed by atoms with Crippen LogP contribution in [0.1, 0.15) is 38.2 Å². The number of amides is 2. The molecule has 0 bridgehead atoms. The van der Waals surface area contributed by atoms with E-state index in [2.05, 4.69) is 9.97 Å². The Morgan fingerprint density at radius 3 is 2.57 bits per heavy atom. The van der Waals surface area contributed by atoms with Gasteiger partial charge in [-0.25, -0.2) is 9.78 Å². The Labute approximate surface area is 140 Å². The van der Waals surface area contributed by atoms with Crippen molar-refractivity contribution in [2.24, 2.45) is 0 Å². The number of halogens is 1. The first kappa shape index (κ1) is 17.5. The van der Waals surface area contributed by atoms with Gasteiger partial charge in [-0.1, -0.05) is 11.6 Å². The van der Waals surface area contributed by atoms with Crippen LogP contribution in [0.15, 0.2) is 12.4 Å². The van der Waals surface area contributed by atoms with Crippen molar-refractivity contribution in [3.8, 4) is 0 Å². The maximum atomic E-state index is 12.4. The van der Waals surface area contributed by atoms with E-state index >= 15 is 0 Å². The van der Waals surface area contributed by atoms with E-state index in [-0.39, 0.29) is 28.9 Å². The van der Waals surface area contributed by atoms with Crippen LogP contribution in [0.5, 0.6) is 0 Å². The van der Waals surface area contributed by atoms with Crippen molar-refractivity contribution in [1.29, 1.82) is 0 Å². The average molecular weight is 341 g/mol. The zero-order chi connectivity index (χ0) is 17.2. The average Bonchev–Trinajstić information content (AvgIpc) is 2.44. The first-order chi connectivity index (χ1) is 10.7. The summed E-state index contributed by atoms with van der Waals surface area (Å²) in [5, 5.41) is 0.177. The minimum atomic E-state index is -0.542. The number of aromatic nitrogens is 2. The molecular weight excluding hydrogens is 320 g/mol. The molecule has 1 aromatic rings. The second-order valence-electron chi connectivity index (χ2n) is 6.50. The van der Waals surface area contributed by atoms with Crippen molar-refractivity contribution in [3.05, 3.63) is 23.2 Å². The zero-order valence-electron chi connectivity index (χ0n) is 13.7. The number of hydrogen-bond donors (Lipinski definition) is 0. The van der Waals surface area contributed by atoms with Gasteiger partial charge in [0.05, 0.1) is 12.4 Å². The van der Waals surface area contributed by atoms with E-state index in [1.54, 1.807) is 9.80 Å². The summed E-state index contributed by atoms with van der Waals surface area (Å²) < 4.78 is 5.39. The summed E-state index contributed by atoms with van der Waals surface area (Å²) in [4.78, 5) is 35.7. The standard InChI is InChI=1S/C15H21ClN4O3/c1-10-9-19(13(21)11-7-17-8-12(16)18-11)5-6-20(10)14(22)23-15(2,3)4/h7-8,10H,5-6,9H2,1-4H3. The molecule has 2 amide bonds. The van der Waals surface area contributed by atoms with Crippen LogP contribution in [0.2, 0.25) is 5.15 Å². The minimum Gasteiger partial charge on any atom is -0.444 e. The molecule has 2 rings (SSSR count). The van der Waals surface area contributed by atoms with E-state index in [9.17, 15) is 9.59 Å². The normalized spacial score (nSPS) is 18.7. The summed E-state index contributed by atoms with van der Waals surface area (Å²) in [7, 11) is 0. The molecule has 0 saturated carbocycles. The highest BCUT2D eigenvalue weighted by molar-refractivity contribution is 6.29. The highest BCUT2D eigenvalue weighted by Crippen LogP contribution is 2.17. The maximum Gasteiger partial charge on any atom is 0.410 e. The highest BCUT2D eigenvalue weighted by Gasteiger charge is 2.33. The molecule has 1 fully saturated rings. The van der Waals surface area contributed by atoms with Crippen LogP contribution in [0.3, 0.4) is 0 Å². The molecule has 0 N–H and O–H groups in total.